The topological polar surface area (TPSA) is 24.9 Å². The van der Waals surface area contributed by atoms with Crippen molar-refractivity contribution in [2.75, 3.05) is 53.0 Å². The maximum Gasteiger partial charge on any atom is 0.0603 e. The van der Waals surface area contributed by atoms with Crippen LogP contribution in [0, 0.1) is 17.8 Å². The maximum atomic E-state index is 6.51. The van der Waals surface area contributed by atoms with E-state index in [0.717, 1.165) is 56.6 Å². The average molecular weight is 552 g/mol. The van der Waals surface area contributed by atoms with Crippen LogP contribution in [0.2, 0.25) is 10.0 Å². The standard InChI is InChI=1S/C29H40Cl2N2O2S/c1-34-29(22-6-11-35-12-7-22)14-21-4-9-32(10-5-21)17-25-18-33(19-27(25)24-8-13-36-20-24)16-23-2-3-26(30)15-28(23)31/h2-3,8,13,15,20-22,25,27,29H,4-7,9-12,14,16-19H2,1H3/t25-,27+,29?/m0/s1. The largest absolute Gasteiger partial charge is 0.381 e. The first-order chi connectivity index (χ1) is 17.6. The van der Waals surface area contributed by atoms with Gasteiger partial charge in [-0.2, -0.15) is 11.3 Å². The van der Waals surface area contributed by atoms with E-state index in [1.54, 1.807) is 0 Å². The third-order valence-corrected chi connectivity index (χ3v) is 10.0. The third kappa shape index (κ3) is 6.85. The second kappa shape index (κ2) is 12.9. The number of methoxy groups -OCH3 is 1. The quantitative estimate of drug-likeness (QED) is 0.342. The lowest BCUT2D eigenvalue weighted by Crippen LogP contribution is -2.40. The lowest BCUT2D eigenvalue weighted by Gasteiger charge is -2.37. The van der Waals surface area contributed by atoms with E-state index >= 15 is 0 Å². The van der Waals surface area contributed by atoms with Crippen LogP contribution in [0.4, 0.5) is 0 Å². The molecular weight excluding hydrogens is 511 g/mol. The summed E-state index contributed by atoms with van der Waals surface area (Å²) in [5.41, 5.74) is 2.67. The van der Waals surface area contributed by atoms with E-state index in [4.69, 9.17) is 32.7 Å². The van der Waals surface area contributed by atoms with Gasteiger partial charge in [0, 0.05) is 62.5 Å². The number of ether oxygens (including phenoxy) is 2. The lowest BCUT2D eigenvalue weighted by molar-refractivity contribution is -0.0277. The van der Waals surface area contributed by atoms with Crippen LogP contribution in [0.1, 0.15) is 49.1 Å². The van der Waals surface area contributed by atoms with Gasteiger partial charge in [-0.25, -0.2) is 0 Å². The molecule has 3 fully saturated rings. The van der Waals surface area contributed by atoms with Crippen molar-refractivity contribution < 1.29 is 9.47 Å². The summed E-state index contributed by atoms with van der Waals surface area (Å²) < 4.78 is 11.5. The van der Waals surface area contributed by atoms with E-state index < -0.39 is 0 Å². The first-order valence-electron chi connectivity index (χ1n) is 13.6. The summed E-state index contributed by atoms with van der Waals surface area (Å²) in [7, 11) is 1.91. The van der Waals surface area contributed by atoms with Gasteiger partial charge in [0.2, 0.25) is 0 Å². The molecule has 0 saturated carbocycles. The monoisotopic (exact) mass is 550 g/mol. The van der Waals surface area contributed by atoms with Gasteiger partial charge >= 0.3 is 0 Å². The Hall–Kier alpha value is -0.660. The van der Waals surface area contributed by atoms with Crippen molar-refractivity contribution in [3.63, 3.8) is 0 Å². The van der Waals surface area contributed by atoms with Crippen LogP contribution in [-0.4, -0.2) is 69.0 Å². The molecular formula is C29H40Cl2N2O2S. The molecule has 1 aromatic heterocycles. The van der Waals surface area contributed by atoms with Gasteiger partial charge in [-0.3, -0.25) is 4.90 Å². The van der Waals surface area contributed by atoms with E-state index in [2.05, 4.69) is 32.7 Å². The number of likely N-dealkylation sites (tertiary alicyclic amines) is 2. The summed E-state index contributed by atoms with van der Waals surface area (Å²) in [6.07, 6.45) is 6.51. The number of halogens is 2. The van der Waals surface area contributed by atoms with Gasteiger partial charge in [0.1, 0.15) is 0 Å². The van der Waals surface area contributed by atoms with E-state index in [1.807, 2.05) is 30.6 Å². The number of nitrogens with zero attached hydrogens (tertiary/aromatic N) is 2. The SMILES string of the molecule is COC(CC1CCN(C[C@H]2CN(Cc3ccc(Cl)cc3Cl)C[C@@H]2c2ccsc2)CC1)C1CCOCC1. The number of hydrogen-bond acceptors (Lipinski definition) is 5. The minimum absolute atomic E-state index is 0.400. The molecule has 198 valence electrons. The fourth-order valence-corrected chi connectivity index (χ4v) is 7.86. The molecule has 2 aromatic rings. The molecule has 3 saturated heterocycles. The predicted molar refractivity (Wildman–Crippen MR) is 150 cm³/mol. The van der Waals surface area contributed by atoms with Crippen molar-refractivity contribution in [3.8, 4) is 0 Å². The number of benzene rings is 1. The smallest absolute Gasteiger partial charge is 0.0603 e. The molecule has 4 heterocycles. The molecule has 3 atom stereocenters. The van der Waals surface area contributed by atoms with Crippen molar-refractivity contribution in [2.45, 2.75) is 50.7 Å². The summed E-state index contributed by atoms with van der Waals surface area (Å²) in [4.78, 5) is 5.32. The average Bonchev–Trinajstić information content (AvgIpc) is 3.56. The van der Waals surface area contributed by atoms with Crippen molar-refractivity contribution >= 4 is 34.5 Å². The Morgan fingerprint density at radius 1 is 1.06 bits per heavy atom. The molecule has 7 heteroatoms. The summed E-state index contributed by atoms with van der Waals surface area (Å²) >= 11 is 14.5. The van der Waals surface area contributed by atoms with Crippen LogP contribution in [0.5, 0.6) is 0 Å². The van der Waals surface area contributed by atoms with E-state index in [-0.39, 0.29) is 0 Å². The molecule has 4 nitrogen and oxygen atoms in total. The number of hydrogen-bond donors (Lipinski definition) is 0. The molecule has 1 unspecified atom stereocenters. The van der Waals surface area contributed by atoms with E-state index in [0.29, 0.717) is 28.9 Å². The number of thiophene rings is 1. The Labute approximate surface area is 230 Å². The van der Waals surface area contributed by atoms with Crippen molar-refractivity contribution in [1.82, 2.24) is 9.80 Å². The molecule has 3 aliphatic rings. The highest BCUT2D eigenvalue weighted by Crippen LogP contribution is 2.37. The molecule has 0 N–H and O–H groups in total. The lowest BCUT2D eigenvalue weighted by atomic mass is 9.83. The van der Waals surface area contributed by atoms with Crippen LogP contribution in [0.15, 0.2) is 35.0 Å². The second-order valence-corrected chi connectivity index (χ2v) is 12.7. The first-order valence-corrected chi connectivity index (χ1v) is 15.3. The highest BCUT2D eigenvalue weighted by molar-refractivity contribution is 7.08. The summed E-state index contributed by atoms with van der Waals surface area (Å²) in [6, 6.07) is 8.22. The first kappa shape index (κ1) is 26.9. The predicted octanol–water partition coefficient (Wildman–Crippen LogP) is 6.81. The molecule has 0 aliphatic carbocycles. The van der Waals surface area contributed by atoms with Gasteiger partial charge in [0.05, 0.1) is 6.10 Å². The van der Waals surface area contributed by atoms with Gasteiger partial charge in [-0.1, -0.05) is 29.3 Å². The maximum absolute atomic E-state index is 6.51. The summed E-state index contributed by atoms with van der Waals surface area (Å²) in [5.74, 6) is 2.70. The Morgan fingerprint density at radius 3 is 2.56 bits per heavy atom. The molecule has 0 amide bonds. The normalized spacial score (nSPS) is 26.0. The number of piperidine rings is 1. The highest BCUT2D eigenvalue weighted by Gasteiger charge is 2.36. The molecule has 0 bridgehead atoms. The highest BCUT2D eigenvalue weighted by atomic mass is 35.5. The van der Waals surface area contributed by atoms with Crippen LogP contribution in [-0.2, 0) is 16.0 Å². The minimum atomic E-state index is 0.400. The second-order valence-electron chi connectivity index (χ2n) is 11.1. The third-order valence-electron chi connectivity index (χ3n) is 8.76. The van der Waals surface area contributed by atoms with Crippen molar-refractivity contribution in [3.05, 3.63) is 56.2 Å². The molecule has 5 rings (SSSR count). The Bertz CT molecular complexity index is 945. The van der Waals surface area contributed by atoms with Crippen LogP contribution in [0.3, 0.4) is 0 Å². The minimum Gasteiger partial charge on any atom is -0.381 e. The van der Waals surface area contributed by atoms with Crippen LogP contribution >= 0.6 is 34.5 Å². The molecule has 1 aromatic carbocycles. The zero-order valence-electron chi connectivity index (χ0n) is 21.4. The Balaban J connectivity index is 1.16. The van der Waals surface area contributed by atoms with E-state index in [9.17, 15) is 0 Å². The van der Waals surface area contributed by atoms with Gasteiger partial charge < -0.3 is 14.4 Å². The zero-order chi connectivity index (χ0) is 24.9. The van der Waals surface area contributed by atoms with Crippen LogP contribution in [0.25, 0.3) is 0 Å². The molecule has 0 radical (unpaired) electrons. The van der Waals surface area contributed by atoms with Gasteiger partial charge in [0.25, 0.3) is 0 Å². The fourth-order valence-electron chi connectivity index (χ4n) is 6.66. The van der Waals surface area contributed by atoms with Gasteiger partial charge in [0.15, 0.2) is 0 Å². The Morgan fingerprint density at radius 2 is 1.86 bits per heavy atom. The van der Waals surface area contributed by atoms with Gasteiger partial charge in [-0.05, 0) is 103 Å². The van der Waals surface area contributed by atoms with Crippen molar-refractivity contribution in [2.24, 2.45) is 17.8 Å². The molecule has 36 heavy (non-hydrogen) atoms. The van der Waals surface area contributed by atoms with Crippen LogP contribution < -0.4 is 0 Å². The molecule has 0 spiro atoms. The number of rotatable bonds is 9. The fraction of sp³-hybridized carbons (Fsp3) is 0.655. The van der Waals surface area contributed by atoms with Gasteiger partial charge in [-0.15, -0.1) is 0 Å². The summed E-state index contributed by atoms with van der Waals surface area (Å²) in [6.45, 7) is 8.52. The zero-order valence-corrected chi connectivity index (χ0v) is 23.7. The Kier molecular flexibility index (Phi) is 9.67. The van der Waals surface area contributed by atoms with Crippen molar-refractivity contribution in [1.29, 1.82) is 0 Å². The molecule has 3 aliphatic heterocycles. The summed E-state index contributed by atoms with van der Waals surface area (Å²) in [5, 5.41) is 6.05. The van der Waals surface area contributed by atoms with E-state index in [1.165, 1.54) is 50.0 Å².